The highest BCUT2D eigenvalue weighted by Gasteiger charge is 2.34. The molecule has 1 atom stereocenters. The number of benzene rings is 2. The molecule has 7 heteroatoms. The first-order chi connectivity index (χ1) is 16.5. The van der Waals surface area contributed by atoms with E-state index in [9.17, 15) is 9.59 Å². The van der Waals surface area contributed by atoms with Crippen LogP contribution in [0.5, 0.6) is 0 Å². The van der Waals surface area contributed by atoms with Crippen molar-refractivity contribution in [1.29, 1.82) is 0 Å². The molecule has 2 N–H and O–H groups in total. The fraction of sp³-hybridized carbons (Fsp3) is 0.444. The number of nitrogens with zero attached hydrogens (tertiary/aromatic N) is 3. The first-order valence-electron chi connectivity index (χ1n) is 12.4. The number of anilines is 2. The van der Waals surface area contributed by atoms with Crippen LogP contribution in [0, 0.1) is 12.8 Å². The number of aliphatic imine (C=N–C) groups is 1. The number of nitrogens with one attached hydrogen (secondary N) is 2. The number of carbonyl (C=O) groups is 2. The lowest BCUT2D eigenvalue weighted by Crippen LogP contribution is -2.46. The topological polar surface area (TPSA) is 77.0 Å². The van der Waals surface area contributed by atoms with Gasteiger partial charge in [-0.25, -0.2) is 0 Å². The summed E-state index contributed by atoms with van der Waals surface area (Å²) in [6, 6.07) is 12.3. The summed E-state index contributed by atoms with van der Waals surface area (Å²) in [5.41, 5.74) is 7.32. The smallest absolute Gasteiger partial charge is 0.251 e. The predicted molar refractivity (Wildman–Crippen MR) is 136 cm³/mol. The highest BCUT2D eigenvalue weighted by atomic mass is 16.2. The van der Waals surface area contributed by atoms with Crippen LogP contribution in [-0.4, -0.2) is 61.7 Å². The van der Waals surface area contributed by atoms with Gasteiger partial charge in [-0.1, -0.05) is 6.07 Å². The number of piperazine rings is 1. The molecule has 3 heterocycles. The molecule has 0 aliphatic carbocycles. The highest BCUT2D eigenvalue weighted by molar-refractivity contribution is 6.23. The van der Waals surface area contributed by atoms with Gasteiger partial charge in [-0.3, -0.25) is 19.5 Å². The quantitative estimate of drug-likeness (QED) is 0.720. The second-order valence-corrected chi connectivity index (χ2v) is 9.46. The lowest BCUT2D eigenvalue weighted by molar-refractivity contribution is -0.118. The van der Waals surface area contributed by atoms with Crippen molar-refractivity contribution < 1.29 is 9.59 Å². The molecule has 2 amide bonds. The minimum absolute atomic E-state index is 0.0264. The third-order valence-electron chi connectivity index (χ3n) is 7.10. The number of carbonyl (C=O) groups excluding carboxylic acids is 2. The summed E-state index contributed by atoms with van der Waals surface area (Å²) in [5, 5.41) is 5.99. The molecule has 2 aromatic carbocycles. The van der Waals surface area contributed by atoms with Gasteiger partial charge in [0, 0.05) is 62.6 Å². The van der Waals surface area contributed by atoms with Crippen molar-refractivity contribution in [3.63, 3.8) is 0 Å². The summed E-state index contributed by atoms with van der Waals surface area (Å²) in [6.07, 6.45) is 1.88. The SMILES string of the molecule is CCNC(=O)c1ccc(N2CCN(Cc3cc(C)c4c(c3)NC(=O)C3CCCN=C43)CC2)cc1. The average molecular weight is 460 g/mol. The van der Waals surface area contributed by atoms with E-state index in [1.807, 2.05) is 31.2 Å². The number of fused-ring (bicyclic) bond motifs is 3. The number of hydrogen-bond acceptors (Lipinski definition) is 5. The number of amides is 2. The van der Waals surface area contributed by atoms with Crippen molar-refractivity contribution >= 4 is 28.9 Å². The lowest BCUT2D eigenvalue weighted by Gasteiger charge is -2.36. The Kier molecular flexibility index (Phi) is 6.37. The van der Waals surface area contributed by atoms with Crippen LogP contribution in [0.25, 0.3) is 0 Å². The molecule has 7 nitrogen and oxygen atoms in total. The first-order valence-corrected chi connectivity index (χ1v) is 12.4. The van der Waals surface area contributed by atoms with Crippen molar-refractivity contribution in [2.75, 3.05) is 49.5 Å². The van der Waals surface area contributed by atoms with Gasteiger partial charge >= 0.3 is 0 Å². The van der Waals surface area contributed by atoms with Crippen molar-refractivity contribution in [2.45, 2.75) is 33.2 Å². The molecule has 0 aromatic heterocycles. The van der Waals surface area contributed by atoms with Crippen LogP contribution >= 0.6 is 0 Å². The van der Waals surface area contributed by atoms with E-state index >= 15 is 0 Å². The van der Waals surface area contributed by atoms with E-state index in [-0.39, 0.29) is 17.7 Å². The Morgan fingerprint density at radius 1 is 1.15 bits per heavy atom. The Bertz CT molecular complexity index is 1120. The van der Waals surface area contributed by atoms with E-state index in [2.05, 4.69) is 39.5 Å². The van der Waals surface area contributed by atoms with Crippen molar-refractivity contribution in [1.82, 2.24) is 10.2 Å². The Morgan fingerprint density at radius 3 is 2.65 bits per heavy atom. The number of aryl methyl sites for hydroxylation is 1. The van der Waals surface area contributed by atoms with E-state index in [0.29, 0.717) is 12.1 Å². The maximum Gasteiger partial charge on any atom is 0.251 e. The molecule has 178 valence electrons. The Hall–Kier alpha value is -3.19. The van der Waals surface area contributed by atoms with Crippen molar-refractivity contribution in [3.05, 3.63) is 58.7 Å². The molecule has 0 spiro atoms. The zero-order valence-corrected chi connectivity index (χ0v) is 20.1. The molecule has 34 heavy (non-hydrogen) atoms. The van der Waals surface area contributed by atoms with Crippen molar-refractivity contribution in [3.8, 4) is 0 Å². The molecular weight excluding hydrogens is 426 g/mol. The van der Waals surface area contributed by atoms with Crippen LogP contribution in [0.2, 0.25) is 0 Å². The summed E-state index contributed by atoms with van der Waals surface area (Å²) in [7, 11) is 0. The average Bonchev–Trinajstić information content (AvgIpc) is 2.85. The molecule has 0 radical (unpaired) electrons. The minimum atomic E-state index is -0.0889. The minimum Gasteiger partial charge on any atom is -0.369 e. The van der Waals surface area contributed by atoms with Crippen LogP contribution in [0.4, 0.5) is 11.4 Å². The summed E-state index contributed by atoms with van der Waals surface area (Å²) in [5.74, 6) is -0.0234. The third-order valence-corrected chi connectivity index (χ3v) is 7.10. The second kappa shape index (κ2) is 9.58. The summed E-state index contributed by atoms with van der Waals surface area (Å²) < 4.78 is 0. The van der Waals surface area contributed by atoms with Crippen LogP contribution in [0.1, 0.15) is 46.8 Å². The van der Waals surface area contributed by atoms with Crippen LogP contribution in [0.3, 0.4) is 0 Å². The van der Waals surface area contributed by atoms with Gasteiger partial charge in [0.05, 0.1) is 17.3 Å². The summed E-state index contributed by atoms with van der Waals surface area (Å²) >= 11 is 0. The van der Waals surface area contributed by atoms with Gasteiger partial charge < -0.3 is 15.5 Å². The molecule has 1 saturated heterocycles. The van der Waals surface area contributed by atoms with E-state index < -0.39 is 0 Å². The summed E-state index contributed by atoms with van der Waals surface area (Å²) in [6.45, 7) is 10.2. The fourth-order valence-corrected chi connectivity index (χ4v) is 5.37. The maximum atomic E-state index is 12.6. The van der Waals surface area contributed by atoms with Crippen LogP contribution < -0.4 is 15.5 Å². The van der Waals surface area contributed by atoms with E-state index in [4.69, 9.17) is 4.99 Å². The maximum absolute atomic E-state index is 12.6. The van der Waals surface area contributed by atoms with E-state index in [1.165, 1.54) is 11.1 Å². The largest absolute Gasteiger partial charge is 0.369 e. The second-order valence-electron chi connectivity index (χ2n) is 9.46. The lowest BCUT2D eigenvalue weighted by atomic mass is 9.83. The molecule has 5 rings (SSSR count). The van der Waals surface area contributed by atoms with Gasteiger partial charge in [-0.15, -0.1) is 0 Å². The van der Waals surface area contributed by atoms with Gasteiger partial charge in [-0.2, -0.15) is 0 Å². The van der Waals surface area contributed by atoms with Crippen LogP contribution in [0.15, 0.2) is 41.4 Å². The molecule has 1 unspecified atom stereocenters. The van der Waals surface area contributed by atoms with E-state index in [1.54, 1.807) is 0 Å². The molecule has 2 aromatic rings. The molecule has 0 saturated carbocycles. The van der Waals surface area contributed by atoms with Gasteiger partial charge in [0.25, 0.3) is 5.91 Å². The van der Waals surface area contributed by atoms with Crippen LogP contribution in [-0.2, 0) is 11.3 Å². The van der Waals surface area contributed by atoms with E-state index in [0.717, 1.165) is 74.8 Å². The van der Waals surface area contributed by atoms with Gasteiger partial charge in [0.15, 0.2) is 0 Å². The third kappa shape index (κ3) is 4.44. The fourth-order valence-electron chi connectivity index (χ4n) is 5.37. The number of hydrogen-bond donors (Lipinski definition) is 2. The zero-order valence-electron chi connectivity index (χ0n) is 20.1. The first kappa shape index (κ1) is 22.6. The zero-order chi connectivity index (χ0) is 23.7. The highest BCUT2D eigenvalue weighted by Crippen LogP contribution is 2.34. The molecule has 0 bridgehead atoms. The molecule has 3 aliphatic rings. The molecule has 3 aliphatic heterocycles. The normalized spacial score (nSPS) is 20.2. The Labute approximate surface area is 201 Å². The molecule has 1 fully saturated rings. The predicted octanol–water partition coefficient (Wildman–Crippen LogP) is 3.22. The van der Waals surface area contributed by atoms with Gasteiger partial charge in [-0.05, 0) is 68.1 Å². The summed E-state index contributed by atoms with van der Waals surface area (Å²) in [4.78, 5) is 34.2. The Balaban J connectivity index is 1.23. The van der Waals surface area contributed by atoms with Gasteiger partial charge in [0.1, 0.15) is 0 Å². The monoisotopic (exact) mass is 459 g/mol. The number of rotatable bonds is 5. The Morgan fingerprint density at radius 2 is 1.91 bits per heavy atom. The molecular formula is C27H33N5O2. The standard InChI is InChI=1S/C27H33N5O2/c1-3-28-26(33)20-6-8-21(9-7-20)32-13-11-31(12-14-32)17-19-15-18(2)24-23(16-19)30-27(34)22-5-4-10-29-25(22)24/h6-9,15-16,22H,3-5,10-14,17H2,1-2H3,(H,28,33)(H,30,34). The van der Waals surface area contributed by atoms with Crippen molar-refractivity contribution in [2.24, 2.45) is 10.9 Å². The van der Waals surface area contributed by atoms with Gasteiger partial charge in [0.2, 0.25) is 5.91 Å².